The fourth-order valence-corrected chi connectivity index (χ4v) is 2.35. The first-order valence-electron chi connectivity index (χ1n) is 8.35. The molecule has 0 aliphatic rings. The molecule has 1 aromatic rings. The van der Waals surface area contributed by atoms with Crippen molar-refractivity contribution in [2.45, 2.75) is 51.6 Å². The second-order valence-electron chi connectivity index (χ2n) is 5.98. The second-order valence-corrected chi connectivity index (χ2v) is 5.98. The van der Waals surface area contributed by atoms with Gasteiger partial charge in [0, 0.05) is 26.2 Å². The lowest BCUT2D eigenvalue weighted by atomic mass is 10.0. The van der Waals surface area contributed by atoms with Crippen LogP contribution in [0.5, 0.6) is 0 Å². The molecule has 7 nitrogen and oxygen atoms in total. The van der Waals surface area contributed by atoms with E-state index in [4.69, 9.17) is 5.73 Å². The van der Waals surface area contributed by atoms with E-state index >= 15 is 0 Å². The predicted octanol–water partition coefficient (Wildman–Crippen LogP) is 0.602. The number of halogens is 1. The third kappa shape index (κ3) is 7.42. The van der Waals surface area contributed by atoms with Crippen LogP contribution in [-0.2, 0) is 25.6 Å². The van der Waals surface area contributed by atoms with Crippen molar-refractivity contribution in [2.24, 2.45) is 5.73 Å². The van der Waals surface area contributed by atoms with Gasteiger partial charge in [-0.2, -0.15) is 0 Å². The minimum Gasteiger partial charge on any atom is -0.368 e. The van der Waals surface area contributed by atoms with E-state index in [2.05, 4.69) is 10.6 Å². The maximum absolute atomic E-state index is 13.0. The molecule has 8 heteroatoms. The van der Waals surface area contributed by atoms with Crippen LogP contribution >= 0.6 is 0 Å². The number of primary amides is 1. The summed E-state index contributed by atoms with van der Waals surface area (Å²) in [6.45, 7) is 2.96. The number of ketones is 1. The molecule has 3 amide bonds. The fourth-order valence-electron chi connectivity index (χ4n) is 2.35. The lowest BCUT2D eigenvalue weighted by Crippen LogP contribution is -2.53. The Bertz CT molecular complexity index is 661. The Labute approximate surface area is 151 Å². The van der Waals surface area contributed by atoms with Gasteiger partial charge in [0.1, 0.15) is 23.7 Å². The van der Waals surface area contributed by atoms with Crippen LogP contribution in [0.15, 0.2) is 24.3 Å². The first kappa shape index (κ1) is 21.3. The van der Waals surface area contributed by atoms with Crippen molar-refractivity contribution in [3.8, 4) is 0 Å². The normalized spacial score (nSPS) is 12.7. The van der Waals surface area contributed by atoms with Gasteiger partial charge in [-0.05, 0) is 24.1 Å². The SMILES string of the molecule is CCC(=O)CC[C@@H](NC(=O)[C@@H](Cc1ccc(F)cc1)NC(C)=O)C(N)=O. The molecule has 0 saturated carbocycles. The van der Waals surface area contributed by atoms with Gasteiger partial charge in [-0.15, -0.1) is 0 Å². The minimum absolute atomic E-state index is 0.0461. The molecule has 0 spiro atoms. The lowest BCUT2D eigenvalue weighted by molar-refractivity contribution is -0.131. The highest BCUT2D eigenvalue weighted by Crippen LogP contribution is 2.07. The van der Waals surface area contributed by atoms with Crippen molar-refractivity contribution >= 4 is 23.5 Å². The van der Waals surface area contributed by atoms with Crippen LogP contribution in [0, 0.1) is 5.82 Å². The van der Waals surface area contributed by atoms with Crippen molar-refractivity contribution in [3.05, 3.63) is 35.6 Å². The molecule has 0 aliphatic heterocycles. The maximum atomic E-state index is 13.0. The van der Waals surface area contributed by atoms with Gasteiger partial charge in [0.05, 0.1) is 0 Å². The zero-order chi connectivity index (χ0) is 19.7. The van der Waals surface area contributed by atoms with Crippen molar-refractivity contribution in [3.63, 3.8) is 0 Å². The van der Waals surface area contributed by atoms with E-state index in [1.807, 2.05) is 0 Å². The summed E-state index contributed by atoms with van der Waals surface area (Å²) in [7, 11) is 0. The molecular formula is C18H24FN3O4. The van der Waals surface area contributed by atoms with Gasteiger partial charge >= 0.3 is 0 Å². The standard InChI is InChI=1S/C18H24FN3O4/c1-3-14(24)8-9-15(17(20)25)22-18(26)16(21-11(2)23)10-12-4-6-13(19)7-5-12/h4-7,15-16H,3,8-10H2,1-2H3,(H2,20,25)(H,21,23)(H,22,26)/t15-,16-/m1/s1. The molecule has 0 aliphatic carbocycles. The number of carbonyl (C=O) groups excluding carboxylic acids is 4. The summed E-state index contributed by atoms with van der Waals surface area (Å²) < 4.78 is 13.0. The summed E-state index contributed by atoms with van der Waals surface area (Å²) in [5.74, 6) is -2.24. The van der Waals surface area contributed by atoms with E-state index in [1.54, 1.807) is 6.92 Å². The van der Waals surface area contributed by atoms with E-state index in [0.717, 1.165) is 0 Å². The van der Waals surface area contributed by atoms with Crippen LogP contribution in [0.1, 0.15) is 38.7 Å². The van der Waals surface area contributed by atoms with E-state index in [-0.39, 0.29) is 25.0 Å². The number of nitrogens with two attached hydrogens (primary N) is 1. The van der Waals surface area contributed by atoms with E-state index in [9.17, 15) is 23.6 Å². The van der Waals surface area contributed by atoms with Crippen LogP contribution in [0.2, 0.25) is 0 Å². The number of carbonyl (C=O) groups is 4. The van der Waals surface area contributed by atoms with Crippen LogP contribution in [-0.4, -0.2) is 35.6 Å². The van der Waals surface area contributed by atoms with Crippen molar-refractivity contribution in [1.82, 2.24) is 10.6 Å². The average molecular weight is 365 g/mol. The zero-order valence-electron chi connectivity index (χ0n) is 14.9. The summed E-state index contributed by atoms with van der Waals surface area (Å²) in [4.78, 5) is 46.8. The van der Waals surface area contributed by atoms with Crippen LogP contribution in [0.4, 0.5) is 4.39 Å². The van der Waals surface area contributed by atoms with Crippen LogP contribution in [0.3, 0.4) is 0 Å². The number of rotatable bonds is 10. The molecule has 2 atom stereocenters. The van der Waals surface area contributed by atoms with E-state index in [1.165, 1.54) is 31.2 Å². The Morgan fingerprint density at radius 3 is 2.19 bits per heavy atom. The number of Topliss-reactive ketones (excluding diaryl/α,β-unsaturated/α-hetero) is 1. The number of nitrogens with one attached hydrogen (secondary N) is 2. The largest absolute Gasteiger partial charge is 0.368 e. The highest BCUT2D eigenvalue weighted by Gasteiger charge is 2.25. The van der Waals surface area contributed by atoms with E-state index in [0.29, 0.717) is 12.0 Å². The van der Waals surface area contributed by atoms with Gasteiger partial charge in [0.15, 0.2) is 0 Å². The first-order valence-corrected chi connectivity index (χ1v) is 8.35. The summed E-state index contributed by atoms with van der Waals surface area (Å²) >= 11 is 0. The number of benzene rings is 1. The zero-order valence-corrected chi connectivity index (χ0v) is 14.9. The lowest BCUT2D eigenvalue weighted by Gasteiger charge is -2.21. The van der Waals surface area contributed by atoms with E-state index < -0.39 is 35.6 Å². The van der Waals surface area contributed by atoms with Gasteiger partial charge in [-0.3, -0.25) is 19.2 Å². The molecule has 142 valence electrons. The Morgan fingerprint density at radius 2 is 1.69 bits per heavy atom. The monoisotopic (exact) mass is 365 g/mol. The third-order valence-electron chi connectivity index (χ3n) is 3.81. The molecule has 26 heavy (non-hydrogen) atoms. The second kappa shape index (κ2) is 10.3. The average Bonchev–Trinajstić information content (AvgIpc) is 2.58. The molecule has 0 radical (unpaired) electrons. The first-order chi connectivity index (χ1) is 12.2. The Hall–Kier alpha value is -2.77. The highest BCUT2D eigenvalue weighted by molar-refractivity contribution is 5.91. The highest BCUT2D eigenvalue weighted by atomic mass is 19.1. The molecule has 0 unspecified atom stereocenters. The number of hydrogen-bond donors (Lipinski definition) is 3. The van der Waals surface area contributed by atoms with Crippen LogP contribution < -0.4 is 16.4 Å². The smallest absolute Gasteiger partial charge is 0.243 e. The Kier molecular flexibility index (Phi) is 8.41. The van der Waals surface area contributed by atoms with Gasteiger partial charge < -0.3 is 16.4 Å². The fraction of sp³-hybridized carbons (Fsp3) is 0.444. The summed E-state index contributed by atoms with van der Waals surface area (Å²) in [6.07, 6.45) is 0.661. The van der Waals surface area contributed by atoms with Crippen molar-refractivity contribution in [1.29, 1.82) is 0 Å². The maximum Gasteiger partial charge on any atom is 0.243 e. The number of hydrogen-bond acceptors (Lipinski definition) is 4. The van der Waals surface area contributed by atoms with Gasteiger partial charge in [0.25, 0.3) is 0 Å². The van der Waals surface area contributed by atoms with Gasteiger partial charge in [-0.1, -0.05) is 19.1 Å². The molecule has 1 aromatic carbocycles. The molecule has 4 N–H and O–H groups in total. The molecular weight excluding hydrogens is 341 g/mol. The summed E-state index contributed by atoms with van der Waals surface area (Å²) in [5.41, 5.74) is 5.93. The summed E-state index contributed by atoms with van der Waals surface area (Å²) in [5, 5.41) is 4.98. The molecule has 0 saturated heterocycles. The topological polar surface area (TPSA) is 118 Å². The molecule has 0 heterocycles. The quantitative estimate of drug-likeness (QED) is 0.563. The van der Waals surface area contributed by atoms with Crippen LogP contribution in [0.25, 0.3) is 0 Å². The molecule has 0 bridgehead atoms. The number of amides is 3. The molecule has 0 fully saturated rings. The third-order valence-corrected chi connectivity index (χ3v) is 3.81. The van der Waals surface area contributed by atoms with Crippen molar-refractivity contribution in [2.75, 3.05) is 0 Å². The van der Waals surface area contributed by atoms with Gasteiger partial charge in [-0.25, -0.2) is 4.39 Å². The Morgan fingerprint density at radius 1 is 1.08 bits per heavy atom. The molecule has 0 aromatic heterocycles. The minimum atomic E-state index is -1.01. The Balaban J connectivity index is 2.81. The van der Waals surface area contributed by atoms with Gasteiger partial charge in [0.2, 0.25) is 17.7 Å². The summed E-state index contributed by atoms with van der Waals surface area (Å²) in [6, 6.07) is 3.54. The predicted molar refractivity (Wildman–Crippen MR) is 93.4 cm³/mol. The van der Waals surface area contributed by atoms with Crippen molar-refractivity contribution < 1.29 is 23.6 Å². The molecule has 1 rings (SSSR count).